The largest absolute Gasteiger partial charge is 0.497 e. The Balaban J connectivity index is 2.13. The normalized spacial score (nSPS) is 11.8. The molecule has 0 bridgehead atoms. The second-order valence-electron chi connectivity index (χ2n) is 4.70. The van der Waals surface area contributed by atoms with Crippen LogP contribution < -0.4 is 14.2 Å². The zero-order chi connectivity index (χ0) is 15.2. The van der Waals surface area contributed by atoms with E-state index in [9.17, 15) is 5.11 Å². The highest BCUT2D eigenvalue weighted by atomic mass is 16.5. The summed E-state index contributed by atoms with van der Waals surface area (Å²) in [6.07, 6.45) is -0.797. The summed E-state index contributed by atoms with van der Waals surface area (Å²) >= 11 is 0. The first kappa shape index (κ1) is 15.2. The van der Waals surface area contributed by atoms with Crippen LogP contribution in [0, 0.1) is 6.92 Å². The summed E-state index contributed by atoms with van der Waals surface area (Å²) in [6, 6.07) is 13.0. The molecule has 1 unspecified atom stereocenters. The number of benzene rings is 2. The summed E-state index contributed by atoms with van der Waals surface area (Å²) in [5.41, 5.74) is 1.67. The van der Waals surface area contributed by atoms with Crippen molar-refractivity contribution in [3.8, 4) is 17.2 Å². The monoisotopic (exact) mass is 288 g/mol. The minimum Gasteiger partial charge on any atom is -0.497 e. The third kappa shape index (κ3) is 3.67. The minimum absolute atomic E-state index is 0.147. The SMILES string of the molecule is COc1ccc(OC)c(C(O)COc2ccccc2C)c1. The molecule has 1 atom stereocenters. The molecule has 2 aromatic rings. The van der Waals surface area contributed by atoms with E-state index < -0.39 is 6.10 Å². The number of aliphatic hydroxyl groups is 1. The number of aliphatic hydroxyl groups excluding tert-OH is 1. The maximum absolute atomic E-state index is 10.3. The van der Waals surface area contributed by atoms with Gasteiger partial charge in [-0.2, -0.15) is 0 Å². The first-order valence-electron chi connectivity index (χ1n) is 6.74. The van der Waals surface area contributed by atoms with Crippen molar-refractivity contribution in [2.24, 2.45) is 0 Å². The van der Waals surface area contributed by atoms with Gasteiger partial charge in [-0.3, -0.25) is 0 Å². The van der Waals surface area contributed by atoms with Crippen LogP contribution in [0.3, 0.4) is 0 Å². The number of para-hydroxylation sites is 1. The van der Waals surface area contributed by atoms with Crippen LogP contribution in [0.1, 0.15) is 17.2 Å². The fourth-order valence-corrected chi connectivity index (χ4v) is 2.08. The number of ether oxygens (including phenoxy) is 3. The van der Waals surface area contributed by atoms with Gasteiger partial charge in [-0.05, 0) is 36.8 Å². The molecule has 1 N–H and O–H groups in total. The van der Waals surface area contributed by atoms with Gasteiger partial charge in [0, 0.05) is 5.56 Å². The van der Waals surface area contributed by atoms with Crippen molar-refractivity contribution < 1.29 is 19.3 Å². The summed E-state index contributed by atoms with van der Waals surface area (Å²) < 4.78 is 16.1. The van der Waals surface area contributed by atoms with Gasteiger partial charge in [0.25, 0.3) is 0 Å². The Labute approximate surface area is 124 Å². The lowest BCUT2D eigenvalue weighted by Gasteiger charge is -2.17. The van der Waals surface area contributed by atoms with Crippen molar-refractivity contribution in [3.05, 3.63) is 53.6 Å². The number of aryl methyl sites for hydroxylation is 1. The molecule has 112 valence electrons. The van der Waals surface area contributed by atoms with Gasteiger partial charge < -0.3 is 19.3 Å². The molecule has 21 heavy (non-hydrogen) atoms. The molecular weight excluding hydrogens is 268 g/mol. The van der Waals surface area contributed by atoms with E-state index in [4.69, 9.17) is 14.2 Å². The van der Waals surface area contributed by atoms with E-state index in [1.165, 1.54) is 0 Å². The van der Waals surface area contributed by atoms with Crippen molar-refractivity contribution in [2.75, 3.05) is 20.8 Å². The van der Waals surface area contributed by atoms with Crippen LogP contribution in [0.2, 0.25) is 0 Å². The number of methoxy groups -OCH3 is 2. The Bertz CT molecular complexity index is 595. The minimum atomic E-state index is -0.797. The number of hydrogen-bond donors (Lipinski definition) is 1. The van der Waals surface area contributed by atoms with E-state index >= 15 is 0 Å². The Kier molecular flexibility index (Phi) is 5.06. The van der Waals surface area contributed by atoms with E-state index in [-0.39, 0.29) is 6.61 Å². The van der Waals surface area contributed by atoms with Crippen LogP contribution in [0.4, 0.5) is 0 Å². The van der Waals surface area contributed by atoms with Gasteiger partial charge in [0.15, 0.2) is 0 Å². The van der Waals surface area contributed by atoms with Gasteiger partial charge >= 0.3 is 0 Å². The Morgan fingerprint density at radius 3 is 2.43 bits per heavy atom. The van der Waals surface area contributed by atoms with Crippen molar-refractivity contribution in [2.45, 2.75) is 13.0 Å². The molecule has 0 radical (unpaired) electrons. The van der Waals surface area contributed by atoms with Gasteiger partial charge in [-0.15, -0.1) is 0 Å². The topological polar surface area (TPSA) is 47.9 Å². The van der Waals surface area contributed by atoms with Crippen LogP contribution in [-0.2, 0) is 0 Å². The summed E-state index contributed by atoms with van der Waals surface area (Å²) in [6.45, 7) is 2.11. The Hall–Kier alpha value is -2.20. The third-order valence-corrected chi connectivity index (χ3v) is 3.29. The van der Waals surface area contributed by atoms with E-state index in [1.807, 2.05) is 31.2 Å². The lowest BCUT2D eigenvalue weighted by Crippen LogP contribution is -2.11. The summed E-state index contributed by atoms with van der Waals surface area (Å²) in [5.74, 6) is 2.04. The molecule has 0 aliphatic heterocycles. The second-order valence-corrected chi connectivity index (χ2v) is 4.70. The van der Waals surface area contributed by atoms with Gasteiger partial charge in [0.1, 0.15) is 30.0 Å². The van der Waals surface area contributed by atoms with Gasteiger partial charge in [-0.1, -0.05) is 18.2 Å². The quantitative estimate of drug-likeness (QED) is 0.887. The van der Waals surface area contributed by atoms with Gasteiger partial charge in [0.05, 0.1) is 14.2 Å². The number of hydrogen-bond acceptors (Lipinski definition) is 4. The van der Waals surface area contributed by atoms with E-state index in [0.29, 0.717) is 17.1 Å². The van der Waals surface area contributed by atoms with Crippen LogP contribution in [0.25, 0.3) is 0 Å². The summed E-state index contributed by atoms with van der Waals surface area (Å²) in [4.78, 5) is 0. The lowest BCUT2D eigenvalue weighted by molar-refractivity contribution is 0.105. The van der Waals surface area contributed by atoms with Gasteiger partial charge in [-0.25, -0.2) is 0 Å². The predicted molar refractivity (Wildman–Crippen MR) is 81.2 cm³/mol. The lowest BCUT2D eigenvalue weighted by atomic mass is 10.1. The molecule has 4 nitrogen and oxygen atoms in total. The van der Waals surface area contributed by atoms with Crippen molar-refractivity contribution in [3.63, 3.8) is 0 Å². The molecule has 0 aliphatic rings. The number of rotatable bonds is 6. The second kappa shape index (κ2) is 6.99. The third-order valence-electron chi connectivity index (χ3n) is 3.29. The fraction of sp³-hybridized carbons (Fsp3) is 0.294. The summed E-state index contributed by atoms with van der Waals surface area (Å²) in [7, 11) is 3.15. The van der Waals surface area contributed by atoms with Crippen molar-refractivity contribution in [1.29, 1.82) is 0 Å². The molecule has 0 saturated heterocycles. The molecule has 0 saturated carbocycles. The zero-order valence-corrected chi connectivity index (χ0v) is 12.5. The highest BCUT2D eigenvalue weighted by Crippen LogP contribution is 2.30. The molecule has 0 spiro atoms. The first-order chi connectivity index (χ1) is 10.2. The first-order valence-corrected chi connectivity index (χ1v) is 6.74. The van der Waals surface area contributed by atoms with E-state index in [0.717, 1.165) is 11.3 Å². The zero-order valence-electron chi connectivity index (χ0n) is 12.5. The molecule has 0 aromatic heterocycles. The summed E-state index contributed by atoms with van der Waals surface area (Å²) in [5, 5.41) is 10.3. The highest BCUT2D eigenvalue weighted by Gasteiger charge is 2.15. The van der Waals surface area contributed by atoms with Crippen molar-refractivity contribution >= 4 is 0 Å². The molecule has 0 heterocycles. The molecule has 0 amide bonds. The Morgan fingerprint density at radius 1 is 1.00 bits per heavy atom. The van der Waals surface area contributed by atoms with Gasteiger partial charge in [0.2, 0.25) is 0 Å². The Morgan fingerprint density at radius 2 is 1.76 bits per heavy atom. The van der Waals surface area contributed by atoms with Crippen LogP contribution in [0.15, 0.2) is 42.5 Å². The maximum atomic E-state index is 10.3. The standard InChI is InChI=1S/C17H20O4/c1-12-6-4-5-7-16(12)21-11-15(18)14-10-13(19-2)8-9-17(14)20-3/h4-10,15,18H,11H2,1-3H3. The smallest absolute Gasteiger partial charge is 0.125 e. The van der Waals surface area contributed by atoms with Crippen molar-refractivity contribution in [1.82, 2.24) is 0 Å². The molecule has 0 fully saturated rings. The predicted octanol–water partition coefficient (Wildman–Crippen LogP) is 3.12. The molecule has 0 aliphatic carbocycles. The molecule has 2 aromatic carbocycles. The fourth-order valence-electron chi connectivity index (χ4n) is 2.08. The van der Waals surface area contributed by atoms with Crippen LogP contribution in [-0.4, -0.2) is 25.9 Å². The van der Waals surface area contributed by atoms with E-state index in [2.05, 4.69) is 0 Å². The molecular formula is C17H20O4. The molecule has 4 heteroatoms. The van der Waals surface area contributed by atoms with Crippen LogP contribution >= 0.6 is 0 Å². The van der Waals surface area contributed by atoms with E-state index in [1.54, 1.807) is 32.4 Å². The molecule has 2 rings (SSSR count). The van der Waals surface area contributed by atoms with Crippen LogP contribution in [0.5, 0.6) is 17.2 Å². The highest BCUT2D eigenvalue weighted by molar-refractivity contribution is 5.42. The maximum Gasteiger partial charge on any atom is 0.125 e. The average Bonchev–Trinajstić information content (AvgIpc) is 2.53. The average molecular weight is 288 g/mol.